The van der Waals surface area contributed by atoms with E-state index in [2.05, 4.69) is 12.1 Å². The number of benzene rings is 1. The van der Waals surface area contributed by atoms with E-state index >= 15 is 0 Å². The first-order chi connectivity index (χ1) is 8.02. The first-order valence-corrected chi connectivity index (χ1v) is 6.12. The van der Waals surface area contributed by atoms with Gasteiger partial charge in [-0.2, -0.15) is 0 Å². The van der Waals surface area contributed by atoms with Crippen LogP contribution in [0.2, 0.25) is 10.0 Å². The van der Waals surface area contributed by atoms with Gasteiger partial charge < -0.3 is 4.84 Å². The lowest BCUT2D eigenvalue weighted by atomic mass is 9.97. The number of hydrogen-bond acceptors (Lipinski definition) is 3. The molecule has 1 aliphatic heterocycles. The molecule has 0 aliphatic carbocycles. The molecular weight excluding hydrogens is 259 g/mol. The summed E-state index contributed by atoms with van der Waals surface area (Å²) in [6, 6.07) is 5.43. The van der Waals surface area contributed by atoms with Crippen molar-refractivity contribution in [2.24, 2.45) is 11.1 Å². The van der Waals surface area contributed by atoms with E-state index in [0.29, 0.717) is 10.0 Å². The van der Waals surface area contributed by atoms with E-state index in [1.54, 1.807) is 12.1 Å². The molecule has 0 saturated heterocycles. The second-order valence-electron chi connectivity index (χ2n) is 4.32. The van der Waals surface area contributed by atoms with Crippen molar-refractivity contribution in [2.45, 2.75) is 13.2 Å². The molecule has 1 aromatic rings. The summed E-state index contributed by atoms with van der Waals surface area (Å²) in [4.78, 5) is 7.38. The maximum absolute atomic E-state index is 6.17. The van der Waals surface area contributed by atoms with Gasteiger partial charge in [0.2, 0.25) is 0 Å². The van der Waals surface area contributed by atoms with Crippen LogP contribution in [0.4, 0.5) is 0 Å². The summed E-state index contributed by atoms with van der Waals surface area (Å²) in [5.74, 6) is 0.127. The van der Waals surface area contributed by atoms with Crippen LogP contribution in [0, 0.1) is 5.92 Å². The zero-order valence-corrected chi connectivity index (χ0v) is 11.5. The number of nitrogens with zero attached hydrogens (tertiary/aromatic N) is 2. The van der Waals surface area contributed by atoms with E-state index in [-0.39, 0.29) is 12.1 Å². The largest absolute Gasteiger partial charge is 0.375 e. The van der Waals surface area contributed by atoms with E-state index in [9.17, 15) is 0 Å². The van der Waals surface area contributed by atoms with Gasteiger partial charge in [-0.1, -0.05) is 41.3 Å². The minimum atomic E-state index is -0.0719. The standard InChI is InChI=1S/C12H14Cl2N2O/c1-7-11(15-17-12(7)16(2)3)10-8(13)5-4-6-9(10)14/h4-7,12H,1-3H3/t7-,12+/m1/s1. The minimum absolute atomic E-state index is 0.0719. The third-order valence-electron chi connectivity index (χ3n) is 2.85. The van der Waals surface area contributed by atoms with Gasteiger partial charge in [-0.05, 0) is 26.2 Å². The van der Waals surface area contributed by atoms with Crippen molar-refractivity contribution in [2.75, 3.05) is 14.1 Å². The molecule has 0 fully saturated rings. The normalized spacial score (nSPS) is 23.8. The smallest absolute Gasteiger partial charge is 0.189 e. The average molecular weight is 273 g/mol. The van der Waals surface area contributed by atoms with Crippen molar-refractivity contribution in [1.29, 1.82) is 0 Å². The quantitative estimate of drug-likeness (QED) is 0.826. The Morgan fingerprint density at radius 1 is 1.24 bits per heavy atom. The fraction of sp³-hybridized carbons (Fsp3) is 0.417. The van der Waals surface area contributed by atoms with Crippen LogP contribution in [-0.4, -0.2) is 30.9 Å². The van der Waals surface area contributed by atoms with Crippen molar-refractivity contribution in [3.05, 3.63) is 33.8 Å². The fourth-order valence-corrected chi connectivity index (χ4v) is 2.57. The molecule has 5 heteroatoms. The first kappa shape index (κ1) is 12.7. The summed E-state index contributed by atoms with van der Waals surface area (Å²) < 4.78 is 0. The lowest BCUT2D eigenvalue weighted by Gasteiger charge is -2.21. The first-order valence-electron chi connectivity index (χ1n) is 5.37. The Kier molecular flexibility index (Phi) is 3.61. The van der Waals surface area contributed by atoms with E-state index < -0.39 is 0 Å². The number of oxime groups is 1. The molecule has 0 spiro atoms. The highest BCUT2D eigenvalue weighted by Gasteiger charge is 2.34. The Morgan fingerprint density at radius 3 is 2.29 bits per heavy atom. The Labute approximate surface area is 111 Å². The predicted molar refractivity (Wildman–Crippen MR) is 70.7 cm³/mol. The second kappa shape index (κ2) is 4.84. The lowest BCUT2D eigenvalue weighted by Crippen LogP contribution is -2.34. The van der Waals surface area contributed by atoms with Crippen LogP contribution < -0.4 is 0 Å². The van der Waals surface area contributed by atoms with E-state index in [1.807, 2.05) is 25.1 Å². The molecular formula is C12H14Cl2N2O. The molecule has 0 aromatic heterocycles. The van der Waals surface area contributed by atoms with Crippen LogP contribution in [-0.2, 0) is 4.84 Å². The summed E-state index contributed by atoms with van der Waals surface area (Å²) in [5, 5.41) is 5.32. The molecule has 92 valence electrons. The van der Waals surface area contributed by atoms with E-state index in [1.165, 1.54) is 0 Å². The monoisotopic (exact) mass is 272 g/mol. The highest BCUT2D eigenvalue weighted by Crippen LogP contribution is 2.32. The number of hydrogen-bond donors (Lipinski definition) is 0. The lowest BCUT2D eigenvalue weighted by molar-refractivity contribution is -0.0303. The van der Waals surface area contributed by atoms with E-state index in [0.717, 1.165) is 11.3 Å². The summed E-state index contributed by atoms with van der Waals surface area (Å²) in [6.45, 7) is 2.05. The van der Waals surface area contributed by atoms with Crippen molar-refractivity contribution in [3.63, 3.8) is 0 Å². The fourth-order valence-electron chi connectivity index (χ4n) is 1.98. The maximum Gasteiger partial charge on any atom is 0.189 e. The average Bonchev–Trinajstić information content (AvgIpc) is 2.61. The molecule has 1 aliphatic rings. The van der Waals surface area contributed by atoms with Gasteiger partial charge in [-0.15, -0.1) is 0 Å². The zero-order valence-electron chi connectivity index (χ0n) is 9.95. The van der Waals surface area contributed by atoms with Crippen molar-refractivity contribution < 1.29 is 4.84 Å². The van der Waals surface area contributed by atoms with Crippen LogP contribution in [0.25, 0.3) is 0 Å². The van der Waals surface area contributed by atoms with Gasteiger partial charge in [-0.3, -0.25) is 4.90 Å². The van der Waals surface area contributed by atoms with Crippen molar-refractivity contribution in [3.8, 4) is 0 Å². The van der Waals surface area contributed by atoms with Gasteiger partial charge in [0.15, 0.2) is 6.23 Å². The maximum atomic E-state index is 6.17. The molecule has 1 aromatic carbocycles. The Morgan fingerprint density at radius 2 is 1.82 bits per heavy atom. The Hall–Kier alpha value is -0.770. The zero-order chi connectivity index (χ0) is 12.6. The van der Waals surface area contributed by atoms with Crippen LogP contribution in [0.5, 0.6) is 0 Å². The van der Waals surface area contributed by atoms with Gasteiger partial charge in [0.1, 0.15) is 0 Å². The summed E-state index contributed by atoms with van der Waals surface area (Å²) in [6.07, 6.45) is -0.0719. The molecule has 17 heavy (non-hydrogen) atoms. The van der Waals surface area contributed by atoms with Crippen molar-refractivity contribution >= 4 is 28.9 Å². The van der Waals surface area contributed by atoms with Crippen LogP contribution in [0.1, 0.15) is 12.5 Å². The number of halogens is 2. The predicted octanol–water partition coefficient (Wildman–Crippen LogP) is 3.25. The Balaban J connectivity index is 2.37. The molecule has 2 atom stereocenters. The Bertz CT molecular complexity index is 440. The third kappa shape index (κ3) is 2.28. The van der Waals surface area contributed by atoms with E-state index in [4.69, 9.17) is 28.0 Å². The van der Waals surface area contributed by atoms with Gasteiger partial charge in [0.25, 0.3) is 0 Å². The molecule has 0 N–H and O–H groups in total. The molecule has 1 heterocycles. The molecule has 0 bridgehead atoms. The molecule has 0 unspecified atom stereocenters. The summed E-state index contributed by atoms with van der Waals surface area (Å²) in [5.41, 5.74) is 1.58. The molecule has 0 saturated carbocycles. The van der Waals surface area contributed by atoms with Crippen LogP contribution in [0.15, 0.2) is 23.4 Å². The van der Waals surface area contributed by atoms with Crippen LogP contribution in [0.3, 0.4) is 0 Å². The van der Waals surface area contributed by atoms with Gasteiger partial charge >= 0.3 is 0 Å². The highest BCUT2D eigenvalue weighted by atomic mass is 35.5. The highest BCUT2D eigenvalue weighted by molar-refractivity contribution is 6.40. The minimum Gasteiger partial charge on any atom is -0.375 e. The van der Waals surface area contributed by atoms with Gasteiger partial charge in [-0.25, -0.2) is 0 Å². The van der Waals surface area contributed by atoms with Gasteiger partial charge in [0, 0.05) is 5.56 Å². The third-order valence-corrected chi connectivity index (χ3v) is 3.48. The van der Waals surface area contributed by atoms with Gasteiger partial charge in [0.05, 0.1) is 21.7 Å². The molecule has 0 radical (unpaired) electrons. The summed E-state index contributed by atoms with van der Waals surface area (Å²) in [7, 11) is 3.90. The SMILES string of the molecule is C[C@@H]1C(c2c(Cl)cccc2Cl)=NO[C@@H]1N(C)C. The number of rotatable bonds is 2. The topological polar surface area (TPSA) is 24.8 Å². The van der Waals surface area contributed by atoms with Crippen molar-refractivity contribution in [1.82, 2.24) is 4.90 Å². The molecule has 2 rings (SSSR count). The second-order valence-corrected chi connectivity index (χ2v) is 5.14. The summed E-state index contributed by atoms with van der Waals surface area (Å²) >= 11 is 12.3. The molecule has 0 amide bonds. The molecule has 3 nitrogen and oxygen atoms in total. The van der Waals surface area contributed by atoms with Crippen LogP contribution >= 0.6 is 23.2 Å².